The summed E-state index contributed by atoms with van der Waals surface area (Å²) in [7, 11) is 3.02. The predicted octanol–water partition coefficient (Wildman–Crippen LogP) is 5.68. The molecule has 0 aromatic heterocycles. The van der Waals surface area contributed by atoms with Gasteiger partial charge in [0.1, 0.15) is 11.5 Å². The fourth-order valence-corrected chi connectivity index (χ4v) is 9.42. The SMILES string of the molecule is COC(=O)c1cccc(NC(=O)COc2ccc(C34CC5CC(CC(C(=O)N6CCN(Cc7cccc(OC)c7)CC6)(C5)C3)C4)cc2)c1. The van der Waals surface area contributed by atoms with Crippen LogP contribution in [0.15, 0.2) is 72.8 Å². The smallest absolute Gasteiger partial charge is 0.337 e. The van der Waals surface area contributed by atoms with Crippen molar-refractivity contribution in [2.24, 2.45) is 17.3 Å². The van der Waals surface area contributed by atoms with E-state index in [1.165, 1.54) is 24.7 Å². The Morgan fingerprint density at radius 2 is 1.56 bits per heavy atom. The molecule has 1 saturated heterocycles. The average molecular weight is 652 g/mol. The number of nitrogens with zero attached hydrogens (tertiary/aromatic N) is 2. The second-order valence-electron chi connectivity index (χ2n) is 14.4. The van der Waals surface area contributed by atoms with Crippen LogP contribution in [0.5, 0.6) is 11.5 Å². The summed E-state index contributed by atoms with van der Waals surface area (Å²) in [5.41, 5.74) is 3.13. The molecule has 2 atom stereocenters. The van der Waals surface area contributed by atoms with Gasteiger partial charge in [-0.05, 0) is 109 Å². The molecule has 48 heavy (non-hydrogen) atoms. The standard InChI is InChI=1S/C39H45N3O6/c1-46-34-8-3-5-27(18-34)24-41-13-15-42(16-14-41)37(45)39-22-28-17-29(23-39)21-38(20-28,26-39)31-9-11-33(12-10-31)48-25-35(43)40-32-7-4-6-30(19-32)36(44)47-2/h3-12,18-19,28-29H,13-17,20-26H2,1-2H3,(H,40,43). The average Bonchev–Trinajstić information content (AvgIpc) is 3.10. The second kappa shape index (κ2) is 13.3. The van der Waals surface area contributed by atoms with Crippen LogP contribution in [0.4, 0.5) is 5.69 Å². The van der Waals surface area contributed by atoms with Gasteiger partial charge in [0.15, 0.2) is 6.61 Å². The molecule has 8 rings (SSSR count). The van der Waals surface area contributed by atoms with E-state index < -0.39 is 5.97 Å². The van der Waals surface area contributed by atoms with E-state index in [4.69, 9.17) is 14.2 Å². The number of carbonyl (C=O) groups is 3. The number of amides is 2. The molecule has 2 amide bonds. The van der Waals surface area contributed by atoms with Crippen LogP contribution >= 0.6 is 0 Å². The van der Waals surface area contributed by atoms with Gasteiger partial charge in [0.2, 0.25) is 5.91 Å². The molecule has 2 unspecified atom stereocenters. The minimum atomic E-state index is -0.462. The lowest BCUT2D eigenvalue weighted by Gasteiger charge is -2.62. The zero-order valence-corrected chi connectivity index (χ0v) is 27.9. The summed E-state index contributed by atoms with van der Waals surface area (Å²) in [6, 6.07) is 23.1. The summed E-state index contributed by atoms with van der Waals surface area (Å²) in [5, 5.41) is 2.78. The lowest BCUT2D eigenvalue weighted by atomic mass is 9.42. The number of esters is 1. The van der Waals surface area contributed by atoms with Crippen LogP contribution < -0.4 is 14.8 Å². The van der Waals surface area contributed by atoms with Gasteiger partial charge in [0.25, 0.3) is 5.91 Å². The Morgan fingerprint density at radius 3 is 2.27 bits per heavy atom. The van der Waals surface area contributed by atoms with E-state index >= 15 is 0 Å². The molecule has 1 N–H and O–H groups in total. The van der Waals surface area contributed by atoms with Crippen molar-refractivity contribution in [2.45, 2.75) is 50.5 Å². The minimum Gasteiger partial charge on any atom is -0.497 e. The van der Waals surface area contributed by atoms with E-state index in [1.807, 2.05) is 24.3 Å². The fourth-order valence-electron chi connectivity index (χ4n) is 9.42. The van der Waals surface area contributed by atoms with Crippen molar-refractivity contribution in [3.05, 3.63) is 89.5 Å². The van der Waals surface area contributed by atoms with Gasteiger partial charge in [0.05, 0.1) is 25.2 Å². The quantitative estimate of drug-likeness (QED) is 0.282. The van der Waals surface area contributed by atoms with E-state index in [9.17, 15) is 14.4 Å². The number of carbonyl (C=O) groups excluding carboxylic acids is 3. The minimum absolute atomic E-state index is 0.00842. The third-order valence-corrected chi connectivity index (χ3v) is 11.1. The Morgan fingerprint density at radius 1 is 0.833 bits per heavy atom. The molecule has 9 heteroatoms. The van der Waals surface area contributed by atoms with E-state index in [0.717, 1.165) is 70.6 Å². The third kappa shape index (κ3) is 6.52. The maximum atomic E-state index is 14.4. The van der Waals surface area contributed by atoms with Crippen molar-refractivity contribution < 1.29 is 28.6 Å². The molecular formula is C39H45N3O6. The molecule has 0 spiro atoms. The number of anilines is 1. The first kappa shape index (κ1) is 32.2. The maximum Gasteiger partial charge on any atom is 0.337 e. The molecule has 252 valence electrons. The molecule has 1 aliphatic heterocycles. The number of nitrogens with one attached hydrogen (secondary N) is 1. The topological polar surface area (TPSA) is 97.4 Å². The first-order chi connectivity index (χ1) is 23.3. The van der Waals surface area contributed by atoms with Crippen molar-refractivity contribution >= 4 is 23.5 Å². The highest BCUT2D eigenvalue weighted by molar-refractivity contribution is 5.95. The zero-order valence-electron chi connectivity index (χ0n) is 27.9. The largest absolute Gasteiger partial charge is 0.497 e. The molecule has 5 aliphatic rings. The van der Waals surface area contributed by atoms with E-state index in [-0.39, 0.29) is 23.3 Å². The molecule has 1 heterocycles. The first-order valence-electron chi connectivity index (χ1n) is 17.1. The summed E-state index contributed by atoms with van der Waals surface area (Å²) in [5.74, 6) is 2.27. The van der Waals surface area contributed by atoms with Crippen LogP contribution in [0.1, 0.15) is 60.0 Å². The van der Waals surface area contributed by atoms with Gasteiger partial charge < -0.3 is 24.4 Å². The Labute approximate surface area is 282 Å². The van der Waals surface area contributed by atoms with Crippen LogP contribution in [-0.4, -0.2) is 74.6 Å². The number of rotatable bonds is 10. The number of piperazine rings is 1. The number of ether oxygens (including phenoxy) is 3. The van der Waals surface area contributed by atoms with Gasteiger partial charge in [-0.25, -0.2) is 4.79 Å². The van der Waals surface area contributed by atoms with Gasteiger partial charge in [-0.15, -0.1) is 0 Å². The Bertz CT molecular complexity index is 1650. The van der Waals surface area contributed by atoms with Crippen LogP contribution in [-0.2, 0) is 26.3 Å². The molecule has 0 radical (unpaired) electrons. The molecule has 4 aliphatic carbocycles. The summed E-state index contributed by atoms with van der Waals surface area (Å²) in [4.78, 5) is 43.4. The van der Waals surface area contributed by atoms with E-state index in [0.29, 0.717) is 34.7 Å². The highest BCUT2D eigenvalue weighted by atomic mass is 16.5. The molecule has 9 nitrogen and oxygen atoms in total. The third-order valence-electron chi connectivity index (χ3n) is 11.1. The van der Waals surface area contributed by atoms with E-state index in [2.05, 4.69) is 39.4 Å². The molecule has 3 aromatic rings. The van der Waals surface area contributed by atoms with Gasteiger partial charge in [0, 0.05) is 38.4 Å². The van der Waals surface area contributed by atoms with Crippen molar-refractivity contribution in [3.63, 3.8) is 0 Å². The maximum absolute atomic E-state index is 14.4. The van der Waals surface area contributed by atoms with E-state index in [1.54, 1.807) is 31.4 Å². The number of methoxy groups -OCH3 is 2. The van der Waals surface area contributed by atoms with Gasteiger partial charge in [-0.2, -0.15) is 0 Å². The first-order valence-corrected chi connectivity index (χ1v) is 17.1. The van der Waals surface area contributed by atoms with Crippen molar-refractivity contribution in [1.82, 2.24) is 9.80 Å². The fraction of sp³-hybridized carbons (Fsp3) is 0.462. The lowest BCUT2D eigenvalue weighted by molar-refractivity contribution is -0.162. The number of hydrogen-bond acceptors (Lipinski definition) is 7. The zero-order chi connectivity index (χ0) is 33.3. The Kier molecular flexibility index (Phi) is 8.90. The van der Waals surface area contributed by atoms with Crippen LogP contribution in [0, 0.1) is 17.3 Å². The van der Waals surface area contributed by atoms with Gasteiger partial charge >= 0.3 is 5.97 Å². The van der Waals surface area contributed by atoms with Crippen LogP contribution in [0.3, 0.4) is 0 Å². The summed E-state index contributed by atoms with van der Waals surface area (Å²) in [6.45, 7) is 4.05. The molecular weight excluding hydrogens is 606 g/mol. The number of benzene rings is 3. The van der Waals surface area contributed by atoms with Crippen molar-refractivity contribution in [1.29, 1.82) is 0 Å². The normalized spacial score (nSPS) is 26.2. The van der Waals surface area contributed by atoms with Crippen LogP contribution in [0.2, 0.25) is 0 Å². The molecule has 4 bridgehead atoms. The Hall–Kier alpha value is -4.37. The van der Waals surface area contributed by atoms with Crippen molar-refractivity contribution in [2.75, 3.05) is 52.3 Å². The lowest BCUT2D eigenvalue weighted by Crippen LogP contribution is -2.61. The number of hydrogen-bond donors (Lipinski definition) is 1. The summed E-state index contributed by atoms with van der Waals surface area (Å²) in [6.07, 6.45) is 6.48. The summed E-state index contributed by atoms with van der Waals surface area (Å²) < 4.78 is 16.0. The molecule has 3 aromatic carbocycles. The molecule has 5 fully saturated rings. The highest BCUT2D eigenvalue weighted by Crippen LogP contribution is 2.66. The van der Waals surface area contributed by atoms with Crippen molar-refractivity contribution in [3.8, 4) is 11.5 Å². The second-order valence-corrected chi connectivity index (χ2v) is 14.4. The summed E-state index contributed by atoms with van der Waals surface area (Å²) >= 11 is 0. The van der Waals surface area contributed by atoms with Crippen LogP contribution in [0.25, 0.3) is 0 Å². The van der Waals surface area contributed by atoms with Gasteiger partial charge in [-0.3, -0.25) is 14.5 Å². The Balaban J connectivity index is 0.966. The highest BCUT2D eigenvalue weighted by Gasteiger charge is 2.61. The predicted molar refractivity (Wildman–Crippen MR) is 182 cm³/mol. The molecule has 4 saturated carbocycles. The monoisotopic (exact) mass is 651 g/mol. The van der Waals surface area contributed by atoms with Gasteiger partial charge in [-0.1, -0.05) is 30.3 Å².